The van der Waals surface area contributed by atoms with Gasteiger partial charge in [0.05, 0.1) is 13.4 Å². The van der Waals surface area contributed by atoms with E-state index in [1.807, 2.05) is 0 Å². The molecule has 184 valence electrons. The highest BCUT2D eigenvalue weighted by Gasteiger charge is 2.16. The average molecular weight is 504 g/mol. The Morgan fingerprint density at radius 3 is 2.69 bits per heavy atom. The number of ether oxygens (including phenoxy) is 3. The first kappa shape index (κ1) is 24.2. The molecule has 4 rings (SSSR count). The first-order valence-corrected chi connectivity index (χ1v) is 12.1. The molecule has 0 atom stereocenters. The number of hydrogen-bond acceptors (Lipinski definition) is 10. The van der Waals surface area contributed by atoms with E-state index in [-0.39, 0.29) is 31.5 Å². The van der Waals surface area contributed by atoms with Crippen molar-refractivity contribution in [2.75, 3.05) is 31.9 Å². The van der Waals surface area contributed by atoms with Crippen LogP contribution >= 0.6 is 0 Å². The van der Waals surface area contributed by atoms with Crippen molar-refractivity contribution in [3.05, 3.63) is 60.2 Å². The summed E-state index contributed by atoms with van der Waals surface area (Å²) in [6.45, 7) is -0.0450. The number of methoxy groups -OCH3 is 1. The number of halogens is 1. The zero-order chi connectivity index (χ0) is 24.8. The molecule has 0 unspecified atom stereocenters. The van der Waals surface area contributed by atoms with Crippen molar-refractivity contribution < 1.29 is 31.2 Å². The Morgan fingerprint density at radius 1 is 1.06 bits per heavy atom. The number of nitrogens with one attached hydrogen (secondary N) is 2. The number of aromatic nitrogens is 4. The molecule has 2 heterocycles. The predicted molar refractivity (Wildman–Crippen MR) is 125 cm³/mol. The van der Waals surface area contributed by atoms with Crippen LogP contribution in [0, 0.1) is 5.82 Å². The molecule has 2 aromatic carbocycles. The third-order valence-electron chi connectivity index (χ3n) is 4.65. The molecule has 35 heavy (non-hydrogen) atoms. The van der Waals surface area contributed by atoms with Crippen LogP contribution in [-0.2, 0) is 20.9 Å². The minimum Gasteiger partial charge on any atom is -0.493 e. The van der Waals surface area contributed by atoms with Crippen LogP contribution in [0.1, 0.15) is 5.56 Å². The second-order valence-corrected chi connectivity index (χ2v) is 8.90. The molecule has 0 aliphatic heterocycles. The zero-order valence-corrected chi connectivity index (χ0v) is 19.6. The number of rotatable bonds is 11. The number of anilines is 2. The molecule has 0 saturated heterocycles. The van der Waals surface area contributed by atoms with E-state index < -0.39 is 10.1 Å². The van der Waals surface area contributed by atoms with Gasteiger partial charge in [0.2, 0.25) is 5.88 Å². The van der Waals surface area contributed by atoms with E-state index in [0.29, 0.717) is 39.6 Å². The van der Waals surface area contributed by atoms with Gasteiger partial charge in [0.15, 0.2) is 17.1 Å². The first-order chi connectivity index (χ1) is 16.8. The largest absolute Gasteiger partial charge is 0.493 e. The number of H-pyrrole nitrogens is 1. The summed E-state index contributed by atoms with van der Waals surface area (Å²) < 4.78 is 57.1. The van der Waals surface area contributed by atoms with Crippen molar-refractivity contribution in [3.8, 4) is 17.4 Å². The summed E-state index contributed by atoms with van der Waals surface area (Å²) in [5, 5.41) is 10.5. The van der Waals surface area contributed by atoms with Crippen LogP contribution in [0.15, 0.2) is 48.8 Å². The zero-order valence-electron chi connectivity index (χ0n) is 18.8. The van der Waals surface area contributed by atoms with Crippen molar-refractivity contribution in [2.24, 2.45) is 0 Å². The summed E-state index contributed by atoms with van der Waals surface area (Å²) in [5.41, 5.74) is 1.74. The third kappa shape index (κ3) is 6.33. The van der Waals surface area contributed by atoms with Crippen molar-refractivity contribution in [2.45, 2.75) is 6.61 Å². The van der Waals surface area contributed by atoms with Gasteiger partial charge in [0.1, 0.15) is 43.2 Å². The van der Waals surface area contributed by atoms with Crippen LogP contribution < -0.4 is 19.5 Å². The molecule has 0 saturated carbocycles. The van der Waals surface area contributed by atoms with Gasteiger partial charge < -0.3 is 19.5 Å². The predicted octanol–water partition coefficient (Wildman–Crippen LogP) is 3.18. The topological polar surface area (TPSA) is 138 Å². The first-order valence-electron chi connectivity index (χ1n) is 10.3. The van der Waals surface area contributed by atoms with E-state index in [1.165, 1.54) is 25.6 Å². The minimum absolute atomic E-state index is 0.0491. The quantitative estimate of drug-likeness (QED) is 0.232. The summed E-state index contributed by atoms with van der Waals surface area (Å²) in [7, 11) is -2.06. The summed E-state index contributed by atoms with van der Waals surface area (Å²) in [6, 6.07) is 11.4. The number of hydrogen-bond donors (Lipinski definition) is 2. The average Bonchev–Trinajstić information content (AvgIpc) is 3.24. The lowest BCUT2D eigenvalue weighted by atomic mass is 10.2. The van der Waals surface area contributed by atoms with Gasteiger partial charge in [0.25, 0.3) is 10.1 Å². The third-order valence-corrected chi connectivity index (χ3v) is 5.25. The molecule has 0 aliphatic rings. The van der Waals surface area contributed by atoms with Gasteiger partial charge in [-0.25, -0.2) is 14.4 Å². The standard InChI is InChI=1S/C22H22FN5O6S/c1-31-18-11-16(6-7-17(18)33-12-14-4-3-5-15(23)10-14)26-20-19-21(25-13-24-20)27-28-22(19)32-8-9-34-35(2,29)30/h3-7,10-11,13H,8-9,12H2,1-2H3,(H2,24,25,26,27,28). The monoisotopic (exact) mass is 503 g/mol. The molecule has 0 fully saturated rings. The Hall–Kier alpha value is -3.97. The molecule has 11 nitrogen and oxygen atoms in total. The van der Waals surface area contributed by atoms with Gasteiger partial charge in [-0.3, -0.25) is 9.28 Å². The van der Waals surface area contributed by atoms with Crippen molar-refractivity contribution in [1.29, 1.82) is 0 Å². The number of benzene rings is 2. The van der Waals surface area contributed by atoms with E-state index in [9.17, 15) is 12.8 Å². The van der Waals surface area contributed by atoms with Crippen LogP contribution in [0.4, 0.5) is 15.9 Å². The fraction of sp³-hybridized carbons (Fsp3) is 0.227. The van der Waals surface area contributed by atoms with E-state index in [1.54, 1.807) is 30.3 Å². The highest BCUT2D eigenvalue weighted by Crippen LogP contribution is 2.34. The molecule has 0 aliphatic carbocycles. The molecular weight excluding hydrogens is 481 g/mol. The van der Waals surface area contributed by atoms with Gasteiger partial charge in [0, 0.05) is 11.8 Å². The molecule has 2 aromatic heterocycles. The number of aromatic amines is 1. The van der Waals surface area contributed by atoms with Gasteiger partial charge in [-0.15, -0.1) is 5.10 Å². The normalized spacial score (nSPS) is 11.4. The van der Waals surface area contributed by atoms with E-state index in [0.717, 1.165) is 6.26 Å². The highest BCUT2D eigenvalue weighted by atomic mass is 32.2. The Morgan fingerprint density at radius 2 is 1.91 bits per heavy atom. The molecule has 0 bridgehead atoms. The molecule has 4 aromatic rings. The summed E-state index contributed by atoms with van der Waals surface area (Å²) in [5.74, 6) is 1.19. The Kier molecular flexibility index (Phi) is 7.27. The molecule has 0 amide bonds. The summed E-state index contributed by atoms with van der Waals surface area (Å²) in [6.07, 6.45) is 2.31. The SMILES string of the molecule is COc1cc(Nc2ncnc3[nH]nc(OCCOS(C)(=O)=O)c23)ccc1OCc1cccc(F)c1. The summed E-state index contributed by atoms with van der Waals surface area (Å²) >= 11 is 0. The van der Waals surface area contributed by atoms with Crippen LogP contribution in [0.25, 0.3) is 11.0 Å². The minimum atomic E-state index is -3.57. The Bertz CT molecular complexity index is 1430. The Labute approximate surface area is 200 Å². The van der Waals surface area contributed by atoms with E-state index >= 15 is 0 Å². The van der Waals surface area contributed by atoms with Crippen LogP contribution in [0.5, 0.6) is 17.4 Å². The maximum atomic E-state index is 13.4. The lowest BCUT2D eigenvalue weighted by Gasteiger charge is -2.13. The number of nitrogens with zero attached hydrogens (tertiary/aromatic N) is 3. The molecular formula is C22H22FN5O6S. The van der Waals surface area contributed by atoms with Crippen LogP contribution in [0.3, 0.4) is 0 Å². The fourth-order valence-corrected chi connectivity index (χ4v) is 3.52. The molecule has 0 spiro atoms. The lowest BCUT2D eigenvalue weighted by molar-refractivity contribution is 0.218. The van der Waals surface area contributed by atoms with Crippen LogP contribution in [0.2, 0.25) is 0 Å². The van der Waals surface area contributed by atoms with Crippen LogP contribution in [-0.4, -0.2) is 55.2 Å². The number of fused-ring (bicyclic) bond motifs is 1. The van der Waals surface area contributed by atoms with Crippen molar-refractivity contribution >= 4 is 32.7 Å². The highest BCUT2D eigenvalue weighted by molar-refractivity contribution is 7.85. The molecule has 13 heteroatoms. The Balaban J connectivity index is 1.49. The second kappa shape index (κ2) is 10.5. The van der Waals surface area contributed by atoms with E-state index in [2.05, 4.69) is 29.7 Å². The van der Waals surface area contributed by atoms with Gasteiger partial charge in [-0.05, 0) is 29.8 Å². The smallest absolute Gasteiger partial charge is 0.264 e. The summed E-state index contributed by atoms with van der Waals surface area (Å²) in [4.78, 5) is 8.40. The second-order valence-electron chi connectivity index (χ2n) is 7.26. The molecule has 0 radical (unpaired) electrons. The van der Waals surface area contributed by atoms with E-state index in [4.69, 9.17) is 14.2 Å². The maximum absolute atomic E-state index is 13.4. The van der Waals surface area contributed by atoms with Gasteiger partial charge >= 0.3 is 0 Å². The fourth-order valence-electron chi connectivity index (χ4n) is 3.14. The van der Waals surface area contributed by atoms with Crippen molar-refractivity contribution in [1.82, 2.24) is 20.2 Å². The van der Waals surface area contributed by atoms with Gasteiger partial charge in [-0.1, -0.05) is 12.1 Å². The van der Waals surface area contributed by atoms with Gasteiger partial charge in [-0.2, -0.15) is 8.42 Å². The van der Waals surface area contributed by atoms with Crippen molar-refractivity contribution in [3.63, 3.8) is 0 Å². The molecule has 2 N–H and O–H groups in total. The lowest BCUT2D eigenvalue weighted by Crippen LogP contribution is -2.11. The maximum Gasteiger partial charge on any atom is 0.264 e.